The van der Waals surface area contributed by atoms with Crippen molar-refractivity contribution in [1.29, 1.82) is 5.26 Å². The van der Waals surface area contributed by atoms with Gasteiger partial charge in [0.15, 0.2) is 0 Å². The lowest BCUT2D eigenvalue weighted by Crippen LogP contribution is -2.14. The van der Waals surface area contributed by atoms with Gasteiger partial charge in [-0.05, 0) is 55.5 Å². The number of nitriles is 1. The molecule has 0 saturated carbocycles. The second-order valence-electron chi connectivity index (χ2n) is 5.83. The van der Waals surface area contributed by atoms with Gasteiger partial charge in [0.05, 0.1) is 23.7 Å². The first-order valence-electron chi connectivity index (χ1n) is 7.87. The maximum Gasteiger partial charge on any atom is 0.0995 e. The molecule has 23 heavy (non-hydrogen) atoms. The zero-order chi connectivity index (χ0) is 16.8. The standard InChI is InChI=1S/C20H23N3/c1-5-23(4)14-22-20-12-19(13-21)18(10-16(20)3)11-17-9-7-6-8-15(17)2/h6-10,12,14H,5,11H2,1-4H3. The van der Waals surface area contributed by atoms with Crippen LogP contribution in [0.15, 0.2) is 41.4 Å². The van der Waals surface area contributed by atoms with Crippen molar-refractivity contribution >= 4 is 12.0 Å². The number of hydrogen-bond donors (Lipinski definition) is 0. The topological polar surface area (TPSA) is 39.4 Å². The van der Waals surface area contributed by atoms with Gasteiger partial charge < -0.3 is 4.90 Å². The van der Waals surface area contributed by atoms with Crippen molar-refractivity contribution in [2.75, 3.05) is 13.6 Å². The Hall–Kier alpha value is -2.60. The molecule has 0 radical (unpaired) electrons. The SMILES string of the molecule is CCN(C)C=Nc1cc(C#N)c(Cc2ccccc2C)cc1C. The minimum absolute atomic E-state index is 0.699. The molecule has 3 nitrogen and oxygen atoms in total. The largest absolute Gasteiger partial charge is 0.366 e. The van der Waals surface area contributed by atoms with Gasteiger partial charge in [0.25, 0.3) is 0 Å². The number of aliphatic imine (C=N–C) groups is 1. The van der Waals surface area contributed by atoms with Crippen LogP contribution in [0.5, 0.6) is 0 Å². The van der Waals surface area contributed by atoms with Crippen LogP contribution in [0.25, 0.3) is 0 Å². The number of hydrogen-bond acceptors (Lipinski definition) is 2. The Morgan fingerprint density at radius 1 is 1.13 bits per heavy atom. The van der Waals surface area contributed by atoms with Crippen LogP contribution in [0.3, 0.4) is 0 Å². The summed E-state index contributed by atoms with van der Waals surface area (Å²) in [5, 5.41) is 9.49. The van der Waals surface area contributed by atoms with Crippen molar-refractivity contribution in [1.82, 2.24) is 4.90 Å². The molecular weight excluding hydrogens is 282 g/mol. The zero-order valence-corrected chi connectivity index (χ0v) is 14.3. The lowest BCUT2D eigenvalue weighted by molar-refractivity contribution is 0.552. The summed E-state index contributed by atoms with van der Waals surface area (Å²) < 4.78 is 0. The molecule has 2 rings (SSSR count). The highest BCUT2D eigenvalue weighted by molar-refractivity contribution is 5.65. The highest BCUT2D eigenvalue weighted by Gasteiger charge is 2.09. The molecule has 0 unspecified atom stereocenters. The molecule has 0 bridgehead atoms. The Morgan fingerprint density at radius 2 is 1.87 bits per heavy atom. The van der Waals surface area contributed by atoms with Gasteiger partial charge in [0.2, 0.25) is 0 Å². The van der Waals surface area contributed by atoms with Gasteiger partial charge in [0.1, 0.15) is 0 Å². The average Bonchev–Trinajstić information content (AvgIpc) is 2.55. The Bertz CT molecular complexity index is 754. The molecule has 0 saturated heterocycles. The smallest absolute Gasteiger partial charge is 0.0995 e. The number of benzene rings is 2. The van der Waals surface area contributed by atoms with Gasteiger partial charge in [-0.1, -0.05) is 30.3 Å². The maximum absolute atomic E-state index is 9.49. The number of rotatable bonds is 5. The molecule has 2 aromatic rings. The van der Waals surface area contributed by atoms with Crippen molar-refractivity contribution in [2.24, 2.45) is 4.99 Å². The predicted octanol–water partition coefficient (Wildman–Crippen LogP) is 4.38. The van der Waals surface area contributed by atoms with Crippen molar-refractivity contribution in [3.8, 4) is 6.07 Å². The van der Waals surface area contributed by atoms with E-state index in [0.717, 1.165) is 29.8 Å². The molecular formula is C20H23N3. The van der Waals surface area contributed by atoms with E-state index < -0.39 is 0 Å². The first-order chi connectivity index (χ1) is 11.0. The molecule has 0 atom stereocenters. The predicted molar refractivity (Wildman–Crippen MR) is 96.3 cm³/mol. The average molecular weight is 305 g/mol. The molecule has 0 aromatic heterocycles. The molecule has 0 heterocycles. The summed E-state index contributed by atoms with van der Waals surface area (Å²) in [6, 6.07) is 14.6. The summed E-state index contributed by atoms with van der Waals surface area (Å²) in [6.07, 6.45) is 2.58. The fourth-order valence-corrected chi connectivity index (χ4v) is 2.40. The third kappa shape index (κ3) is 4.20. The summed E-state index contributed by atoms with van der Waals surface area (Å²) in [5.74, 6) is 0. The monoisotopic (exact) mass is 305 g/mol. The minimum Gasteiger partial charge on any atom is -0.366 e. The molecule has 0 N–H and O–H groups in total. The molecule has 118 valence electrons. The highest BCUT2D eigenvalue weighted by Crippen LogP contribution is 2.25. The Morgan fingerprint density at radius 3 is 2.52 bits per heavy atom. The van der Waals surface area contributed by atoms with Crippen LogP contribution < -0.4 is 0 Å². The fraction of sp³-hybridized carbons (Fsp3) is 0.300. The van der Waals surface area contributed by atoms with Crippen LogP contribution in [-0.4, -0.2) is 24.8 Å². The van der Waals surface area contributed by atoms with Crippen LogP contribution in [0, 0.1) is 25.2 Å². The minimum atomic E-state index is 0.699. The molecule has 0 aliphatic heterocycles. The maximum atomic E-state index is 9.49. The summed E-state index contributed by atoms with van der Waals surface area (Å²) in [4.78, 5) is 6.51. The van der Waals surface area contributed by atoms with Crippen LogP contribution in [0.2, 0.25) is 0 Å². The van der Waals surface area contributed by atoms with Crippen molar-refractivity contribution in [3.05, 3.63) is 64.2 Å². The third-order valence-corrected chi connectivity index (χ3v) is 4.08. The Balaban J connectivity index is 2.36. The molecule has 0 spiro atoms. The summed E-state index contributed by atoms with van der Waals surface area (Å²) in [6.45, 7) is 7.12. The van der Waals surface area contributed by atoms with E-state index in [1.54, 1.807) is 0 Å². The van der Waals surface area contributed by atoms with E-state index in [-0.39, 0.29) is 0 Å². The van der Waals surface area contributed by atoms with E-state index in [4.69, 9.17) is 0 Å². The van der Waals surface area contributed by atoms with E-state index in [1.807, 2.05) is 43.4 Å². The van der Waals surface area contributed by atoms with Gasteiger partial charge in [-0.2, -0.15) is 5.26 Å². The van der Waals surface area contributed by atoms with Gasteiger partial charge in [-0.3, -0.25) is 0 Å². The molecule has 2 aromatic carbocycles. The number of aryl methyl sites for hydroxylation is 2. The van der Waals surface area contributed by atoms with Crippen molar-refractivity contribution in [3.63, 3.8) is 0 Å². The summed E-state index contributed by atoms with van der Waals surface area (Å²) in [7, 11) is 1.98. The molecule has 0 aliphatic rings. The van der Waals surface area contributed by atoms with E-state index in [1.165, 1.54) is 11.1 Å². The van der Waals surface area contributed by atoms with Crippen molar-refractivity contribution in [2.45, 2.75) is 27.2 Å². The Kier molecular flexibility index (Phi) is 5.54. The van der Waals surface area contributed by atoms with Gasteiger partial charge in [0, 0.05) is 13.6 Å². The zero-order valence-electron chi connectivity index (χ0n) is 14.3. The van der Waals surface area contributed by atoms with Crippen LogP contribution in [0.4, 0.5) is 5.69 Å². The molecule has 0 aliphatic carbocycles. The van der Waals surface area contributed by atoms with E-state index in [0.29, 0.717) is 5.56 Å². The molecule has 0 fully saturated rings. The highest BCUT2D eigenvalue weighted by atomic mass is 15.1. The second kappa shape index (κ2) is 7.60. The lowest BCUT2D eigenvalue weighted by Gasteiger charge is -2.12. The molecule has 0 amide bonds. The normalized spacial score (nSPS) is 10.7. The van der Waals surface area contributed by atoms with Gasteiger partial charge in [-0.25, -0.2) is 4.99 Å². The van der Waals surface area contributed by atoms with Crippen LogP contribution in [0.1, 0.15) is 34.7 Å². The van der Waals surface area contributed by atoms with Crippen molar-refractivity contribution < 1.29 is 0 Å². The van der Waals surface area contributed by atoms with E-state index in [2.05, 4.69) is 43.1 Å². The molecule has 3 heteroatoms. The summed E-state index contributed by atoms with van der Waals surface area (Å²) in [5.41, 5.74) is 6.21. The van der Waals surface area contributed by atoms with Gasteiger partial charge >= 0.3 is 0 Å². The first-order valence-corrected chi connectivity index (χ1v) is 7.87. The second-order valence-corrected chi connectivity index (χ2v) is 5.83. The lowest BCUT2D eigenvalue weighted by atomic mass is 9.95. The Labute approximate surface area is 138 Å². The van der Waals surface area contributed by atoms with Crippen LogP contribution >= 0.6 is 0 Å². The fourth-order valence-electron chi connectivity index (χ4n) is 2.40. The third-order valence-electron chi connectivity index (χ3n) is 4.08. The van der Waals surface area contributed by atoms with E-state index >= 15 is 0 Å². The van der Waals surface area contributed by atoms with Gasteiger partial charge in [-0.15, -0.1) is 0 Å². The van der Waals surface area contributed by atoms with E-state index in [9.17, 15) is 5.26 Å². The number of nitrogens with zero attached hydrogens (tertiary/aromatic N) is 3. The first kappa shape index (κ1) is 16.8. The summed E-state index contributed by atoms with van der Waals surface area (Å²) >= 11 is 0. The van der Waals surface area contributed by atoms with Crippen LogP contribution in [-0.2, 0) is 6.42 Å². The quantitative estimate of drug-likeness (QED) is 0.607.